The minimum atomic E-state index is 0.395. The number of hydrogen-bond acceptors (Lipinski definition) is 1. The van der Waals surface area contributed by atoms with Gasteiger partial charge in [-0.05, 0) is 19.4 Å². The van der Waals surface area contributed by atoms with Crippen molar-refractivity contribution in [2.24, 2.45) is 0 Å². The molecule has 2 heteroatoms. The fraction of sp³-hybridized carbons (Fsp3) is 1.00. The summed E-state index contributed by atoms with van der Waals surface area (Å²) in [6.45, 7) is 8.50. The Labute approximate surface area is 70.8 Å². The number of unbranched alkanes of at least 4 members (excludes halogenated alkanes) is 1. The average molecular weight is 157 g/mol. The van der Waals surface area contributed by atoms with Crippen molar-refractivity contribution in [3.63, 3.8) is 0 Å². The molecule has 1 atom stereocenters. The van der Waals surface area contributed by atoms with E-state index >= 15 is 0 Å². The van der Waals surface area contributed by atoms with Crippen LogP contribution in [-0.4, -0.2) is 19.3 Å². The molecule has 0 aromatic rings. The Hall–Kier alpha value is -0.0800. The highest BCUT2D eigenvalue weighted by Gasteiger charge is 2.01. The van der Waals surface area contributed by atoms with Crippen LogP contribution in [0.5, 0.6) is 0 Å². The monoisotopic (exact) mass is 157 g/mol. The Bertz CT molecular complexity index is 74.0. The minimum absolute atomic E-state index is 0.395. The molecule has 1 radical (unpaired) electrons. The number of nitrogens with one attached hydrogen (secondary N) is 1. The molecule has 0 spiro atoms. The molecule has 0 amide bonds. The second-order valence-electron chi connectivity index (χ2n) is 2.73. The number of nitrogens with zero attached hydrogens (tertiary/aromatic N) is 1. The highest BCUT2D eigenvalue weighted by molar-refractivity contribution is 4.59. The molecular weight excluding hydrogens is 136 g/mol. The van der Waals surface area contributed by atoms with Crippen LogP contribution in [0.15, 0.2) is 0 Å². The standard InChI is InChI=1S/C9H21N2/c1-4-7-8-11-9(5-2)10-6-3/h9,11H,4-8H2,1-3H3. The van der Waals surface area contributed by atoms with Crippen molar-refractivity contribution in [3.05, 3.63) is 0 Å². The zero-order valence-electron chi connectivity index (χ0n) is 8.06. The summed E-state index contributed by atoms with van der Waals surface area (Å²) in [5.41, 5.74) is 0. The summed E-state index contributed by atoms with van der Waals surface area (Å²) in [6.07, 6.45) is 4.02. The second-order valence-corrected chi connectivity index (χ2v) is 2.73. The summed E-state index contributed by atoms with van der Waals surface area (Å²) in [4.78, 5) is 0. The van der Waals surface area contributed by atoms with E-state index in [-0.39, 0.29) is 0 Å². The molecule has 0 aliphatic carbocycles. The lowest BCUT2D eigenvalue weighted by atomic mass is 10.3. The summed E-state index contributed by atoms with van der Waals surface area (Å²) in [7, 11) is 0. The maximum Gasteiger partial charge on any atom is 0.0733 e. The zero-order chi connectivity index (χ0) is 8.53. The molecule has 1 N–H and O–H groups in total. The fourth-order valence-electron chi connectivity index (χ4n) is 1.00. The van der Waals surface area contributed by atoms with Crippen molar-refractivity contribution in [1.29, 1.82) is 0 Å². The normalized spacial score (nSPS) is 13.4. The fourth-order valence-corrected chi connectivity index (χ4v) is 1.00. The van der Waals surface area contributed by atoms with E-state index in [9.17, 15) is 0 Å². The van der Waals surface area contributed by atoms with Crippen molar-refractivity contribution < 1.29 is 0 Å². The van der Waals surface area contributed by atoms with Crippen LogP contribution in [0, 0.1) is 0 Å². The lowest BCUT2D eigenvalue weighted by molar-refractivity contribution is 0.411. The van der Waals surface area contributed by atoms with E-state index in [2.05, 4.69) is 31.4 Å². The van der Waals surface area contributed by atoms with Gasteiger partial charge in [-0.3, -0.25) is 0 Å². The molecule has 67 valence electrons. The Morgan fingerprint density at radius 1 is 1.27 bits per heavy atom. The molecule has 11 heavy (non-hydrogen) atoms. The first-order valence-electron chi connectivity index (χ1n) is 4.75. The molecule has 0 bridgehead atoms. The van der Waals surface area contributed by atoms with Crippen LogP contribution in [-0.2, 0) is 0 Å². The quantitative estimate of drug-likeness (QED) is 0.560. The Kier molecular flexibility index (Phi) is 7.96. The third-order valence-corrected chi connectivity index (χ3v) is 1.70. The third kappa shape index (κ3) is 6.32. The average Bonchev–Trinajstić information content (AvgIpc) is 2.03. The second kappa shape index (κ2) is 8.02. The smallest absolute Gasteiger partial charge is 0.0733 e. The summed E-state index contributed by atoms with van der Waals surface area (Å²) < 4.78 is 0. The molecule has 0 aromatic carbocycles. The van der Waals surface area contributed by atoms with E-state index in [1.54, 1.807) is 0 Å². The van der Waals surface area contributed by atoms with Gasteiger partial charge < -0.3 is 5.32 Å². The van der Waals surface area contributed by atoms with Gasteiger partial charge in [0.2, 0.25) is 0 Å². The number of rotatable bonds is 7. The lowest BCUT2D eigenvalue weighted by Gasteiger charge is -2.15. The van der Waals surface area contributed by atoms with Gasteiger partial charge in [0.15, 0.2) is 0 Å². The molecule has 0 rings (SSSR count). The highest BCUT2D eigenvalue weighted by atomic mass is 15.1. The largest absolute Gasteiger partial charge is 0.301 e. The van der Waals surface area contributed by atoms with E-state index in [4.69, 9.17) is 0 Å². The first kappa shape index (κ1) is 10.9. The molecular formula is C9H21N2. The molecule has 0 aromatic heterocycles. The van der Waals surface area contributed by atoms with Crippen LogP contribution >= 0.6 is 0 Å². The van der Waals surface area contributed by atoms with E-state index in [0.29, 0.717) is 6.17 Å². The van der Waals surface area contributed by atoms with E-state index in [1.807, 2.05) is 0 Å². The van der Waals surface area contributed by atoms with Crippen LogP contribution < -0.4 is 10.6 Å². The SMILES string of the molecule is CCCCNC(CC)[N]CC. The minimum Gasteiger partial charge on any atom is -0.301 e. The van der Waals surface area contributed by atoms with Crippen LogP contribution in [0.2, 0.25) is 0 Å². The Balaban J connectivity index is 3.20. The predicted molar refractivity (Wildman–Crippen MR) is 49.7 cm³/mol. The topological polar surface area (TPSA) is 26.1 Å². The summed E-state index contributed by atoms with van der Waals surface area (Å²) in [5.74, 6) is 0. The van der Waals surface area contributed by atoms with Gasteiger partial charge in [-0.2, -0.15) is 0 Å². The zero-order valence-corrected chi connectivity index (χ0v) is 8.06. The van der Waals surface area contributed by atoms with Gasteiger partial charge in [-0.25, -0.2) is 5.32 Å². The lowest BCUT2D eigenvalue weighted by Crippen LogP contribution is -2.37. The predicted octanol–water partition coefficient (Wildman–Crippen LogP) is 1.74. The highest BCUT2D eigenvalue weighted by Crippen LogP contribution is 1.89. The van der Waals surface area contributed by atoms with Gasteiger partial charge in [0.05, 0.1) is 6.17 Å². The van der Waals surface area contributed by atoms with Crippen molar-refractivity contribution in [2.75, 3.05) is 13.1 Å². The number of hydrogen-bond donors (Lipinski definition) is 1. The first-order valence-corrected chi connectivity index (χ1v) is 4.75. The van der Waals surface area contributed by atoms with Crippen molar-refractivity contribution in [1.82, 2.24) is 10.6 Å². The van der Waals surface area contributed by atoms with Gasteiger partial charge in [0.25, 0.3) is 0 Å². The summed E-state index contributed by atoms with van der Waals surface area (Å²) in [5, 5.41) is 7.81. The van der Waals surface area contributed by atoms with Gasteiger partial charge in [0.1, 0.15) is 0 Å². The van der Waals surface area contributed by atoms with Crippen molar-refractivity contribution in [2.45, 2.75) is 46.2 Å². The summed E-state index contributed by atoms with van der Waals surface area (Å²) in [6, 6.07) is 0. The van der Waals surface area contributed by atoms with E-state index < -0.39 is 0 Å². The van der Waals surface area contributed by atoms with Crippen LogP contribution in [0.1, 0.15) is 40.0 Å². The van der Waals surface area contributed by atoms with Crippen LogP contribution in [0.3, 0.4) is 0 Å². The molecule has 0 fully saturated rings. The molecule has 0 aliphatic heterocycles. The maximum atomic E-state index is 4.40. The molecule has 0 saturated carbocycles. The summed E-state index contributed by atoms with van der Waals surface area (Å²) >= 11 is 0. The molecule has 2 nitrogen and oxygen atoms in total. The van der Waals surface area contributed by atoms with Crippen molar-refractivity contribution in [3.8, 4) is 0 Å². The third-order valence-electron chi connectivity index (χ3n) is 1.70. The van der Waals surface area contributed by atoms with Gasteiger partial charge >= 0.3 is 0 Å². The molecule has 0 aliphatic rings. The van der Waals surface area contributed by atoms with E-state index in [1.165, 1.54) is 12.8 Å². The van der Waals surface area contributed by atoms with Gasteiger partial charge in [-0.15, -0.1) is 0 Å². The van der Waals surface area contributed by atoms with Gasteiger partial charge in [-0.1, -0.05) is 27.2 Å². The van der Waals surface area contributed by atoms with Crippen LogP contribution in [0.4, 0.5) is 0 Å². The van der Waals surface area contributed by atoms with Crippen molar-refractivity contribution >= 4 is 0 Å². The molecule has 0 heterocycles. The maximum absolute atomic E-state index is 4.40. The first-order chi connectivity index (χ1) is 5.35. The molecule has 1 unspecified atom stereocenters. The Morgan fingerprint density at radius 2 is 2.00 bits per heavy atom. The van der Waals surface area contributed by atoms with Gasteiger partial charge in [0, 0.05) is 6.54 Å². The van der Waals surface area contributed by atoms with Crippen LogP contribution in [0.25, 0.3) is 0 Å². The van der Waals surface area contributed by atoms with E-state index in [0.717, 1.165) is 19.5 Å². The molecule has 0 saturated heterocycles. The Morgan fingerprint density at radius 3 is 2.45 bits per heavy atom.